The topological polar surface area (TPSA) is 49.4 Å². The number of hydrogen-bond donors (Lipinski definition) is 1. The van der Waals surface area contributed by atoms with Crippen LogP contribution in [0.4, 0.5) is 0 Å². The molecule has 2 amide bonds. The van der Waals surface area contributed by atoms with Crippen LogP contribution in [0.5, 0.6) is 0 Å². The summed E-state index contributed by atoms with van der Waals surface area (Å²) in [6, 6.07) is 0. The molecule has 0 radical (unpaired) electrons. The molecule has 0 aliphatic heterocycles. The van der Waals surface area contributed by atoms with Crippen molar-refractivity contribution in [3.8, 4) is 0 Å². The predicted octanol–water partition coefficient (Wildman–Crippen LogP) is 1.80. The van der Waals surface area contributed by atoms with Crippen LogP contribution >= 0.6 is 0 Å². The maximum absolute atomic E-state index is 11.7. The lowest BCUT2D eigenvalue weighted by Crippen LogP contribution is -2.49. The second-order valence-corrected chi connectivity index (χ2v) is 5.81. The highest BCUT2D eigenvalue weighted by Gasteiger charge is 2.25. The number of carbonyl (C=O) groups is 2. The van der Waals surface area contributed by atoms with Crippen molar-refractivity contribution in [1.29, 1.82) is 0 Å². The van der Waals surface area contributed by atoms with E-state index >= 15 is 0 Å². The van der Waals surface area contributed by atoms with E-state index in [1.807, 2.05) is 20.8 Å². The highest BCUT2D eigenvalue weighted by molar-refractivity contribution is 5.84. The van der Waals surface area contributed by atoms with Gasteiger partial charge in [-0.1, -0.05) is 13.8 Å². The number of hydrogen-bond acceptors (Lipinski definition) is 2. The summed E-state index contributed by atoms with van der Waals surface area (Å²) < 4.78 is 0. The molecule has 17 heavy (non-hydrogen) atoms. The van der Waals surface area contributed by atoms with E-state index < -0.39 is 0 Å². The Morgan fingerprint density at radius 2 is 1.76 bits per heavy atom. The van der Waals surface area contributed by atoms with Crippen LogP contribution in [-0.2, 0) is 9.59 Å². The second-order valence-electron chi connectivity index (χ2n) is 5.81. The van der Waals surface area contributed by atoms with Gasteiger partial charge >= 0.3 is 0 Å². The van der Waals surface area contributed by atoms with E-state index in [-0.39, 0.29) is 23.9 Å². The largest absolute Gasteiger partial charge is 0.355 e. The summed E-state index contributed by atoms with van der Waals surface area (Å²) in [5, 5.41) is 2.84. The molecule has 0 bridgehead atoms. The van der Waals surface area contributed by atoms with Crippen molar-refractivity contribution in [2.75, 3.05) is 13.1 Å². The van der Waals surface area contributed by atoms with Gasteiger partial charge in [0.2, 0.25) is 11.8 Å². The molecule has 0 saturated carbocycles. The van der Waals surface area contributed by atoms with Crippen molar-refractivity contribution in [1.82, 2.24) is 10.2 Å². The van der Waals surface area contributed by atoms with E-state index in [0.717, 1.165) is 6.42 Å². The molecule has 1 N–H and O–H groups in total. The van der Waals surface area contributed by atoms with Crippen LogP contribution in [0.1, 0.15) is 48.0 Å². The molecule has 4 nitrogen and oxygen atoms in total. The van der Waals surface area contributed by atoms with Crippen molar-refractivity contribution in [3.05, 3.63) is 0 Å². The second kappa shape index (κ2) is 6.62. The quantitative estimate of drug-likeness (QED) is 0.799. The first kappa shape index (κ1) is 15.9. The fourth-order valence-corrected chi connectivity index (χ4v) is 1.52. The Morgan fingerprint density at radius 3 is 2.12 bits per heavy atom. The third kappa shape index (κ3) is 6.97. The van der Waals surface area contributed by atoms with E-state index in [1.165, 1.54) is 6.92 Å². The van der Waals surface area contributed by atoms with E-state index in [2.05, 4.69) is 19.2 Å². The maximum atomic E-state index is 11.7. The standard InChI is InChI=1S/C13H26N2O2/c1-10(2)7-8-14-12(17)9-15(11(3)16)13(4,5)6/h10H,7-9H2,1-6H3,(H,14,17). The molecule has 0 heterocycles. The van der Waals surface area contributed by atoms with Crippen molar-refractivity contribution >= 4 is 11.8 Å². The van der Waals surface area contributed by atoms with Gasteiger partial charge in [0.15, 0.2) is 0 Å². The lowest BCUT2D eigenvalue weighted by molar-refractivity contribution is -0.138. The summed E-state index contributed by atoms with van der Waals surface area (Å²) in [6.45, 7) is 12.3. The first-order valence-corrected chi connectivity index (χ1v) is 6.19. The zero-order chi connectivity index (χ0) is 13.6. The average Bonchev–Trinajstić information content (AvgIpc) is 2.11. The van der Waals surface area contributed by atoms with Crippen LogP contribution in [0.15, 0.2) is 0 Å². The molecule has 0 saturated heterocycles. The van der Waals surface area contributed by atoms with Crippen molar-refractivity contribution in [2.24, 2.45) is 5.92 Å². The lowest BCUT2D eigenvalue weighted by atomic mass is 10.1. The molecule has 4 heteroatoms. The van der Waals surface area contributed by atoms with Gasteiger partial charge in [-0.3, -0.25) is 9.59 Å². The van der Waals surface area contributed by atoms with Crippen LogP contribution < -0.4 is 5.32 Å². The molecule has 100 valence electrons. The number of rotatable bonds is 5. The fourth-order valence-electron chi connectivity index (χ4n) is 1.52. The van der Waals surface area contributed by atoms with Crippen LogP contribution in [-0.4, -0.2) is 35.3 Å². The molecule has 0 aromatic heterocycles. The summed E-state index contributed by atoms with van der Waals surface area (Å²) in [5.41, 5.74) is -0.318. The number of carbonyl (C=O) groups excluding carboxylic acids is 2. The molecule has 0 aliphatic carbocycles. The summed E-state index contributed by atoms with van der Waals surface area (Å²) in [5.74, 6) is 0.411. The number of nitrogens with one attached hydrogen (secondary N) is 1. The van der Waals surface area contributed by atoms with Crippen LogP contribution in [0.25, 0.3) is 0 Å². The van der Waals surface area contributed by atoms with Crippen molar-refractivity contribution in [3.63, 3.8) is 0 Å². The van der Waals surface area contributed by atoms with E-state index in [4.69, 9.17) is 0 Å². The summed E-state index contributed by atoms with van der Waals surface area (Å²) >= 11 is 0. The first-order valence-electron chi connectivity index (χ1n) is 6.19. The average molecular weight is 242 g/mol. The highest BCUT2D eigenvalue weighted by atomic mass is 16.2. The van der Waals surface area contributed by atoms with Gasteiger partial charge in [-0.05, 0) is 33.1 Å². The van der Waals surface area contributed by atoms with E-state index in [9.17, 15) is 9.59 Å². The molecule has 0 aliphatic rings. The van der Waals surface area contributed by atoms with Gasteiger partial charge in [0.1, 0.15) is 6.54 Å². The third-order valence-electron chi connectivity index (χ3n) is 2.54. The summed E-state index contributed by atoms with van der Waals surface area (Å²) in [7, 11) is 0. The van der Waals surface area contributed by atoms with Gasteiger partial charge in [0.05, 0.1) is 0 Å². The monoisotopic (exact) mass is 242 g/mol. The SMILES string of the molecule is CC(=O)N(CC(=O)NCCC(C)C)C(C)(C)C. The normalized spacial score (nSPS) is 11.5. The maximum Gasteiger partial charge on any atom is 0.239 e. The first-order chi connectivity index (χ1) is 7.64. The molecule has 0 unspecified atom stereocenters. The van der Waals surface area contributed by atoms with E-state index in [1.54, 1.807) is 4.90 Å². The molecular formula is C13H26N2O2. The Labute approximate surface area is 105 Å². The van der Waals surface area contributed by atoms with Crippen LogP contribution in [0.2, 0.25) is 0 Å². The number of nitrogens with zero attached hydrogens (tertiary/aromatic N) is 1. The Kier molecular flexibility index (Phi) is 6.21. The van der Waals surface area contributed by atoms with Crippen molar-refractivity contribution < 1.29 is 9.59 Å². The van der Waals surface area contributed by atoms with Gasteiger partial charge in [0, 0.05) is 19.0 Å². The van der Waals surface area contributed by atoms with Gasteiger partial charge in [-0.15, -0.1) is 0 Å². The van der Waals surface area contributed by atoms with Crippen LogP contribution in [0, 0.1) is 5.92 Å². The van der Waals surface area contributed by atoms with Crippen LogP contribution in [0.3, 0.4) is 0 Å². The summed E-state index contributed by atoms with van der Waals surface area (Å²) in [6.07, 6.45) is 0.960. The zero-order valence-corrected chi connectivity index (χ0v) is 12.0. The minimum Gasteiger partial charge on any atom is -0.355 e. The van der Waals surface area contributed by atoms with Gasteiger partial charge in [-0.2, -0.15) is 0 Å². The van der Waals surface area contributed by atoms with Gasteiger partial charge < -0.3 is 10.2 Å². The van der Waals surface area contributed by atoms with Gasteiger partial charge in [-0.25, -0.2) is 0 Å². The van der Waals surface area contributed by atoms with Gasteiger partial charge in [0.25, 0.3) is 0 Å². The smallest absolute Gasteiger partial charge is 0.239 e. The Balaban J connectivity index is 4.20. The third-order valence-corrected chi connectivity index (χ3v) is 2.54. The minimum atomic E-state index is -0.318. The molecular weight excluding hydrogens is 216 g/mol. The fraction of sp³-hybridized carbons (Fsp3) is 0.846. The molecule has 0 aromatic rings. The predicted molar refractivity (Wildman–Crippen MR) is 69.6 cm³/mol. The number of amides is 2. The Bertz CT molecular complexity index is 267. The molecule has 0 aromatic carbocycles. The Hall–Kier alpha value is -1.06. The highest BCUT2D eigenvalue weighted by Crippen LogP contribution is 2.12. The van der Waals surface area contributed by atoms with Crippen molar-refractivity contribution in [2.45, 2.75) is 53.5 Å². The molecule has 0 spiro atoms. The molecule has 0 rings (SSSR count). The zero-order valence-electron chi connectivity index (χ0n) is 12.0. The Morgan fingerprint density at radius 1 is 1.24 bits per heavy atom. The summed E-state index contributed by atoms with van der Waals surface area (Å²) in [4.78, 5) is 24.7. The minimum absolute atomic E-state index is 0.0727. The molecule has 0 fully saturated rings. The molecule has 0 atom stereocenters. The lowest BCUT2D eigenvalue weighted by Gasteiger charge is -2.34. The van der Waals surface area contributed by atoms with E-state index in [0.29, 0.717) is 12.5 Å².